The summed E-state index contributed by atoms with van der Waals surface area (Å²) in [7, 11) is 0. The molecule has 0 aliphatic heterocycles. The molecule has 11 aromatic carbocycles. The Bertz CT molecular complexity index is 3920. The molecule has 0 aliphatic rings. The smallest absolute Gasteiger partial charge is 0.143 e. The van der Waals surface area contributed by atoms with Crippen LogP contribution >= 0.6 is 0 Å². The van der Waals surface area contributed by atoms with Gasteiger partial charge in [0.2, 0.25) is 0 Å². The molecule has 0 saturated carbocycles. The standard InChI is InChI=1S/C62H39NO2/c1-2-9-43(10-3-1)53-14-8-15-56-58-38-47(28-36-60(58)65-62(53)56)41-23-31-50(32-24-41)63(51-33-25-42(26-34-51)48-27-35-55-54-13-6-7-16-59(54)64-61(55)39-48)49-29-21-40(22-30-49)46-20-19-45-18-17-44-11-4-5-12-52(44)57(45)37-46/h1-39H. The van der Waals surface area contributed by atoms with E-state index >= 15 is 0 Å². The number of hydrogen-bond donors (Lipinski definition) is 0. The Kier molecular flexibility index (Phi) is 8.53. The van der Waals surface area contributed by atoms with Crippen LogP contribution in [0.15, 0.2) is 245 Å². The first-order valence-corrected chi connectivity index (χ1v) is 22.1. The molecule has 3 heteroatoms. The van der Waals surface area contributed by atoms with Crippen molar-refractivity contribution in [1.29, 1.82) is 0 Å². The van der Waals surface area contributed by atoms with Crippen molar-refractivity contribution in [2.75, 3.05) is 4.90 Å². The zero-order valence-corrected chi connectivity index (χ0v) is 35.3. The van der Waals surface area contributed by atoms with E-state index < -0.39 is 0 Å². The number of anilines is 3. The Morgan fingerprint density at radius 1 is 0.246 bits per heavy atom. The quantitative estimate of drug-likeness (QED) is 0.150. The third kappa shape index (κ3) is 6.36. The molecule has 0 aliphatic carbocycles. The van der Waals surface area contributed by atoms with Crippen molar-refractivity contribution in [3.05, 3.63) is 237 Å². The lowest BCUT2D eigenvalue weighted by atomic mass is 9.97. The summed E-state index contributed by atoms with van der Waals surface area (Å²) in [6.45, 7) is 0. The molecular weight excluding hydrogens is 791 g/mol. The van der Waals surface area contributed by atoms with Crippen LogP contribution in [0.1, 0.15) is 0 Å². The summed E-state index contributed by atoms with van der Waals surface area (Å²) in [5.74, 6) is 0. The Morgan fingerprint density at radius 3 is 1.45 bits per heavy atom. The molecule has 3 nitrogen and oxygen atoms in total. The van der Waals surface area contributed by atoms with Crippen LogP contribution in [0.4, 0.5) is 17.1 Å². The first kappa shape index (κ1) is 36.9. The van der Waals surface area contributed by atoms with Gasteiger partial charge in [-0.05, 0) is 133 Å². The van der Waals surface area contributed by atoms with Gasteiger partial charge >= 0.3 is 0 Å². The molecule has 0 N–H and O–H groups in total. The molecule has 2 heterocycles. The Balaban J connectivity index is 0.870. The lowest BCUT2D eigenvalue weighted by Crippen LogP contribution is -2.09. The number of nitrogens with zero attached hydrogens (tertiary/aromatic N) is 1. The van der Waals surface area contributed by atoms with Gasteiger partial charge in [0.25, 0.3) is 0 Å². The molecule has 0 amide bonds. The van der Waals surface area contributed by atoms with Crippen LogP contribution in [0.25, 0.3) is 110 Å². The highest BCUT2D eigenvalue weighted by Crippen LogP contribution is 2.41. The van der Waals surface area contributed by atoms with Crippen LogP contribution in [0.3, 0.4) is 0 Å². The fraction of sp³-hybridized carbons (Fsp3) is 0. The molecule has 0 unspecified atom stereocenters. The first-order chi connectivity index (χ1) is 32.2. The van der Waals surface area contributed by atoms with Gasteiger partial charge in [-0.2, -0.15) is 0 Å². The van der Waals surface area contributed by atoms with Gasteiger partial charge < -0.3 is 13.7 Å². The summed E-state index contributed by atoms with van der Waals surface area (Å²) in [5, 5.41) is 9.54. The van der Waals surface area contributed by atoms with Crippen molar-refractivity contribution in [2.24, 2.45) is 0 Å². The minimum Gasteiger partial charge on any atom is -0.456 e. The van der Waals surface area contributed by atoms with Crippen molar-refractivity contribution in [1.82, 2.24) is 0 Å². The number of para-hydroxylation sites is 2. The molecule has 0 radical (unpaired) electrons. The van der Waals surface area contributed by atoms with Gasteiger partial charge in [-0.25, -0.2) is 0 Å². The predicted octanol–water partition coefficient (Wildman–Crippen LogP) is 17.9. The molecular formula is C62H39NO2. The van der Waals surface area contributed by atoms with Crippen LogP contribution in [-0.2, 0) is 0 Å². The lowest BCUT2D eigenvalue weighted by molar-refractivity contribution is 0.669. The van der Waals surface area contributed by atoms with Crippen LogP contribution in [-0.4, -0.2) is 0 Å². The van der Waals surface area contributed by atoms with Crippen LogP contribution < -0.4 is 4.90 Å². The highest BCUT2D eigenvalue weighted by Gasteiger charge is 2.17. The van der Waals surface area contributed by atoms with Crippen LogP contribution in [0.2, 0.25) is 0 Å². The Hall–Kier alpha value is -8.66. The average Bonchev–Trinajstić information content (AvgIpc) is 3.95. The normalized spacial score (nSPS) is 11.7. The molecule has 13 rings (SSSR count). The van der Waals surface area contributed by atoms with Crippen molar-refractivity contribution in [3.8, 4) is 44.5 Å². The summed E-state index contributed by atoms with van der Waals surface area (Å²) in [6, 6.07) is 84.7. The van der Waals surface area contributed by atoms with E-state index in [1.807, 2.05) is 18.2 Å². The largest absolute Gasteiger partial charge is 0.456 e. The van der Waals surface area contributed by atoms with Crippen molar-refractivity contribution < 1.29 is 8.83 Å². The summed E-state index contributed by atoms with van der Waals surface area (Å²) >= 11 is 0. The highest BCUT2D eigenvalue weighted by atomic mass is 16.3. The van der Waals surface area contributed by atoms with Gasteiger partial charge in [-0.3, -0.25) is 0 Å². The van der Waals surface area contributed by atoms with E-state index in [0.29, 0.717) is 0 Å². The fourth-order valence-corrected chi connectivity index (χ4v) is 9.77. The zero-order valence-electron chi connectivity index (χ0n) is 35.3. The minimum absolute atomic E-state index is 0.886. The maximum absolute atomic E-state index is 6.51. The zero-order chi connectivity index (χ0) is 42.8. The number of hydrogen-bond acceptors (Lipinski definition) is 3. The maximum Gasteiger partial charge on any atom is 0.143 e. The van der Waals surface area contributed by atoms with Crippen molar-refractivity contribution in [3.63, 3.8) is 0 Å². The van der Waals surface area contributed by atoms with Gasteiger partial charge in [-0.1, -0.05) is 164 Å². The maximum atomic E-state index is 6.51. The number of rotatable bonds is 7. The van der Waals surface area contributed by atoms with E-state index in [4.69, 9.17) is 8.83 Å². The second kappa shape index (κ2) is 15.0. The molecule has 0 bridgehead atoms. The predicted molar refractivity (Wildman–Crippen MR) is 272 cm³/mol. The topological polar surface area (TPSA) is 29.5 Å². The minimum atomic E-state index is 0.886. The third-order valence-corrected chi connectivity index (χ3v) is 13.1. The Labute approximate surface area is 375 Å². The number of benzene rings is 11. The van der Waals surface area contributed by atoms with Crippen molar-refractivity contribution >= 4 is 82.5 Å². The monoisotopic (exact) mass is 829 g/mol. The second-order valence-corrected chi connectivity index (χ2v) is 16.9. The van der Waals surface area contributed by atoms with Gasteiger partial charge in [0.1, 0.15) is 22.3 Å². The fourth-order valence-electron chi connectivity index (χ4n) is 9.77. The van der Waals surface area contributed by atoms with E-state index in [9.17, 15) is 0 Å². The van der Waals surface area contributed by atoms with E-state index in [0.717, 1.165) is 94.3 Å². The molecule has 65 heavy (non-hydrogen) atoms. The van der Waals surface area contributed by atoms with Gasteiger partial charge in [0, 0.05) is 44.2 Å². The van der Waals surface area contributed by atoms with Crippen LogP contribution in [0, 0.1) is 0 Å². The Morgan fingerprint density at radius 2 is 0.738 bits per heavy atom. The molecule has 0 fully saturated rings. The van der Waals surface area contributed by atoms with Crippen molar-refractivity contribution in [2.45, 2.75) is 0 Å². The van der Waals surface area contributed by atoms with Gasteiger partial charge in [-0.15, -0.1) is 0 Å². The molecule has 0 spiro atoms. The lowest BCUT2D eigenvalue weighted by Gasteiger charge is -2.26. The van der Waals surface area contributed by atoms with E-state index in [2.05, 4.69) is 223 Å². The van der Waals surface area contributed by atoms with Gasteiger partial charge in [0.15, 0.2) is 0 Å². The SMILES string of the molecule is c1ccc(-c2cccc3c2oc2ccc(-c4ccc(N(c5ccc(-c6ccc7c(c6)oc6ccccc67)cc5)c5ccc(-c6ccc7ccc8ccccc8c7c6)cc5)cc4)cc23)cc1. The third-order valence-electron chi connectivity index (χ3n) is 13.1. The van der Waals surface area contributed by atoms with E-state index in [-0.39, 0.29) is 0 Å². The molecule has 13 aromatic rings. The number of furan rings is 2. The summed E-state index contributed by atoms with van der Waals surface area (Å²) in [4.78, 5) is 2.34. The summed E-state index contributed by atoms with van der Waals surface area (Å²) in [5.41, 5.74) is 16.0. The van der Waals surface area contributed by atoms with E-state index in [1.165, 1.54) is 32.7 Å². The van der Waals surface area contributed by atoms with Crippen LogP contribution in [0.5, 0.6) is 0 Å². The summed E-state index contributed by atoms with van der Waals surface area (Å²) in [6.07, 6.45) is 0. The molecule has 0 atom stereocenters. The molecule has 304 valence electrons. The molecule has 2 aromatic heterocycles. The second-order valence-electron chi connectivity index (χ2n) is 16.9. The number of fused-ring (bicyclic) bond motifs is 9. The first-order valence-electron chi connectivity index (χ1n) is 22.1. The van der Waals surface area contributed by atoms with E-state index in [1.54, 1.807) is 0 Å². The molecule has 0 saturated heterocycles. The van der Waals surface area contributed by atoms with Gasteiger partial charge in [0.05, 0.1) is 0 Å². The summed E-state index contributed by atoms with van der Waals surface area (Å²) < 4.78 is 12.8. The highest BCUT2D eigenvalue weighted by molar-refractivity contribution is 6.11. The average molecular weight is 830 g/mol.